The molecule has 3 heterocycles. The molecule has 3 nitrogen and oxygen atoms in total. The van der Waals surface area contributed by atoms with Crippen molar-refractivity contribution < 1.29 is 8.83 Å². The van der Waals surface area contributed by atoms with Crippen LogP contribution in [-0.4, -0.2) is 0 Å². The van der Waals surface area contributed by atoms with Crippen molar-refractivity contribution in [2.24, 2.45) is 0 Å². The van der Waals surface area contributed by atoms with Gasteiger partial charge in [0.1, 0.15) is 22.3 Å². The third-order valence-electron chi connectivity index (χ3n) is 8.84. The van der Waals surface area contributed by atoms with Crippen molar-refractivity contribution in [3.63, 3.8) is 0 Å². The SMILES string of the molecule is c1ccc(N(c2ccc3oc4ccccc4c3c2)c2ccc3sc4ccc5c6ccc7ccccc7c6oc5c4c3c2)cc1. The molecule has 0 aliphatic carbocycles. The molecule has 0 aliphatic heterocycles. The minimum atomic E-state index is 0.891. The Morgan fingerprint density at radius 3 is 2.00 bits per heavy atom. The molecule has 7 aromatic carbocycles. The van der Waals surface area contributed by atoms with Crippen LogP contribution >= 0.6 is 11.3 Å². The highest BCUT2D eigenvalue weighted by Crippen LogP contribution is 2.46. The lowest BCUT2D eigenvalue weighted by molar-refractivity contribution is 0.669. The zero-order chi connectivity index (χ0) is 28.8. The predicted octanol–water partition coefficient (Wildman–Crippen LogP) is 12.5. The molecule has 0 spiro atoms. The van der Waals surface area contributed by atoms with Gasteiger partial charge in [0.25, 0.3) is 0 Å². The summed E-state index contributed by atoms with van der Waals surface area (Å²) in [4.78, 5) is 2.33. The van der Waals surface area contributed by atoms with Crippen LogP contribution in [0.5, 0.6) is 0 Å². The van der Waals surface area contributed by atoms with Gasteiger partial charge in [-0.2, -0.15) is 0 Å². The topological polar surface area (TPSA) is 29.5 Å². The first-order valence-electron chi connectivity index (χ1n) is 14.8. The van der Waals surface area contributed by atoms with Gasteiger partial charge in [-0.3, -0.25) is 0 Å². The van der Waals surface area contributed by atoms with Crippen LogP contribution in [0.4, 0.5) is 17.1 Å². The Hall–Kier alpha value is -5.58. The zero-order valence-electron chi connectivity index (χ0n) is 23.5. The highest BCUT2D eigenvalue weighted by Gasteiger charge is 2.19. The Morgan fingerprint density at radius 1 is 0.409 bits per heavy atom. The van der Waals surface area contributed by atoms with Gasteiger partial charge >= 0.3 is 0 Å². The van der Waals surface area contributed by atoms with Crippen molar-refractivity contribution in [2.75, 3.05) is 4.90 Å². The van der Waals surface area contributed by atoms with Crippen LogP contribution in [-0.2, 0) is 0 Å². The monoisotopic (exact) mass is 581 g/mol. The maximum Gasteiger partial charge on any atom is 0.144 e. The smallest absolute Gasteiger partial charge is 0.144 e. The minimum Gasteiger partial charge on any atom is -0.456 e. The van der Waals surface area contributed by atoms with Gasteiger partial charge in [-0.15, -0.1) is 11.3 Å². The second-order valence-corrected chi connectivity index (χ2v) is 12.4. The van der Waals surface area contributed by atoms with Crippen LogP contribution < -0.4 is 4.90 Å². The number of hydrogen-bond acceptors (Lipinski definition) is 4. The van der Waals surface area contributed by atoms with Crippen molar-refractivity contribution in [3.8, 4) is 0 Å². The van der Waals surface area contributed by atoms with Gasteiger partial charge in [0.05, 0.1) is 0 Å². The van der Waals surface area contributed by atoms with Gasteiger partial charge in [0.15, 0.2) is 0 Å². The molecule has 10 rings (SSSR count). The maximum atomic E-state index is 6.78. The van der Waals surface area contributed by atoms with Crippen molar-refractivity contribution in [1.29, 1.82) is 0 Å². The third-order valence-corrected chi connectivity index (χ3v) is 9.97. The van der Waals surface area contributed by atoms with Crippen LogP contribution in [0.1, 0.15) is 0 Å². The second-order valence-electron chi connectivity index (χ2n) is 11.3. The van der Waals surface area contributed by atoms with Crippen LogP contribution in [0.15, 0.2) is 148 Å². The molecule has 4 heteroatoms. The Bertz CT molecular complexity index is 2730. The Kier molecular flexibility index (Phi) is 4.87. The first kappa shape index (κ1) is 23.9. The number of fused-ring (bicyclic) bond motifs is 12. The number of para-hydroxylation sites is 2. The van der Waals surface area contributed by atoms with E-state index >= 15 is 0 Å². The van der Waals surface area contributed by atoms with Crippen LogP contribution in [0, 0.1) is 0 Å². The number of rotatable bonds is 3. The van der Waals surface area contributed by atoms with Gasteiger partial charge in [-0.05, 0) is 78.2 Å². The molecule has 0 bridgehead atoms. The standard InChI is InChI=1S/C40H23NO2S/c1-2-9-25(10-3-1)41(26-15-19-35-32(22-26)29-12-6-7-13-34(29)42-35)27-16-20-36-33(23-27)38-37(44-36)21-18-31-30-17-14-24-8-4-5-11-28(24)39(30)43-40(31)38/h1-23H. The molecule has 0 amide bonds. The molecule has 10 aromatic rings. The largest absolute Gasteiger partial charge is 0.456 e. The number of benzene rings is 7. The number of hydrogen-bond donors (Lipinski definition) is 0. The van der Waals surface area contributed by atoms with E-state index in [-0.39, 0.29) is 0 Å². The molecule has 3 aromatic heterocycles. The summed E-state index contributed by atoms with van der Waals surface area (Å²) >= 11 is 1.82. The highest BCUT2D eigenvalue weighted by atomic mass is 32.1. The van der Waals surface area contributed by atoms with Crippen LogP contribution in [0.3, 0.4) is 0 Å². The Balaban J connectivity index is 1.24. The summed E-state index contributed by atoms with van der Waals surface area (Å²) in [7, 11) is 0. The highest BCUT2D eigenvalue weighted by molar-refractivity contribution is 7.26. The van der Waals surface area contributed by atoms with E-state index in [1.807, 2.05) is 23.5 Å². The summed E-state index contributed by atoms with van der Waals surface area (Å²) in [6.45, 7) is 0. The fourth-order valence-electron chi connectivity index (χ4n) is 6.83. The van der Waals surface area contributed by atoms with Crippen LogP contribution in [0.2, 0.25) is 0 Å². The third kappa shape index (κ3) is 3.37. The van der Waals surface area contributed by atoms with E-state index in [1.165, 1.54) is 25.6 Å². The summed E-state index contributed by atoms with van der Waals surface area (Å²) in [6, 6.07) is 49.4. The summed E-state index contributed by atoms with van der Waals surface area (Å²) < 4.78 is 15.4. The van der Waals surface area contributed by atoms with Crippen molar-refractivity contribution >= 4 is 103 Å². The van der Waals surface area contributed by atoms with Crippen molar-refractivity contribution in [3.05, 3.63) is 140 Å². The van der Waals surface area contributed by atoms with E-state index in [1.54, 1.807) is 0 Å². The minimum absolute atomic E-state index is 0.891. The molecule has 0 N–H and O–H groups in total. The van der Waals surface area contributed by atoms with Crippen molar-refractivity contribution in [1.82, 2.24) is 0 Å². The quantitative estimate of drug-likeness (QED) is 0.208. The number of anilines is 3. The molecule has 0 fully saturated rings. The maximum absolute atomic E-state index is 6.78. The number of thiophene rings is 1. The first-order chi connectivity index (χ1) is 21.8. The first-order valence-corrected chi connectivity index (χ1v) is 15.6. The molecule has 0 atom stereocenters. The van der Waals surface area contributed by atoms with E-state index < -0.39 is 0 Å². The average Bonchev–Trinajstić information content (AvgIpc) is 3.76. The van der Waals surface area contributed by atoms with Gasteiger partial charge in [-0.1, -0.05) is 66.7 Å². The van der Waals surface area contributed by atoms with E-state index in [4.69, 9.17) is 8.83 Å². The fourth-order valence-corrected chi connectivity index (χ4v) is 7.91. The summed E-state index contributed by atoms with van der Waals surface area (Å²) in [5, 5.41) is 9.25. The van der Waals surface area contributed by atoms with Gasteiger partial charge in [-0.25, -0.2) is 0 Å². The van der Waals surface area contributed by atoms with E-state index in [2.05, 4.69) is 132 Å². The van der Waals surface area contributed by atoms with E-state index in [9.17, 15) is 0 Å². The summed E-state index contributed by atoms with van der Waals surface area (Å²) in [5.41, 5.74) is 6.96. The normalized spacial score (nSPS) is 12.1. The van der Waals surface area contributed by atoms with Crippen molar-refractivity contribution in [2.45, 2.75) is 0 Å². The van der Waals surface area contributed by atoms with Crippen LogP contribution in [0.25, 0.3) is 74.8 Å². The molecule has 44 heavy (non-hydrogen) atoms. The Labute approximate surface area is 255 Å². The molecule has 0 radical (unpaired) electrons. The van der Waals surface area contributed by atoms with Gasteiger partial charge in [0.2, 0.25) is 0 Å². The van der Waals surface area contributed by atoms with Gasteiger partial charge < -0.3 is 13.7 Å². The molecule has 0 unspecified atom stereocenters. The van der Waals surface area contributed by atoms with Gasteiger partial charge in [0, 0.05) is 64.2 Å². The lowest BCUT2D eigenvalue weighted by Gasteiger charge is -2.25. The lowest BCUT2D eigenvalue weighted by Crippen LogP contribution is -2.09. The zero-order valence-corrected chi connectivity index (χ0v) is 24.3. The molecule has 206 valence electrons. The predicted molar refractivity (Wildman–Crippen MR) is 186 cm³/mol. The molecule has 0 saturated carbocycles. The number of furan rings is 2. The molecular weight excluding hydrogens is 559 g/mol. The molecular formula is C40H23NO2S. The van der Waals surface area contributed by atoms with E-state index in [0.717, 1.165) is 66.3 Å². The van der Waals surface area contributed by atoms with E-state index in [0.29, 0.717) is 0 Å². The lowest BCUT2D eigenvalue weighted by atomic mass is 10.0. The molecule has 0 saturated heterocycles. The summed E-state index contributed by atoms with van der Waals surface area (Å²) in [5.74, 6) is 0. The Morgan fingerprint density at radius 2 is 1.09 bits per heavy atom. The fraction of sp³-hybridized carbons (Fsp3) is 0. The number of nitrogens with zero attached hydrogens (tertiary/aromatic N) is 1. The summed E-state index contributed by atoms with van der Waals surface area (Å²) in [6.07, 6.45) is 0. The second kappa shape index (κ2) is 8.96. The average molecular weight is 582 g/mol. The molecule has 0 aliphatic rings.